The Bertz CT molecular complexity index is 242. The minimum absolute atomic E-state index is 0.257. The molecule has 0 radical (unpaired) electrons. The maximum Gasteiger partial charge on any atom is 0.407 e. The zero-order valence-electron chi connectivity index (χ0n) is 9.66. The summed E-state index contributed by atoms with van der Waals surface area (Å²) >= 11 is 0. The van der Waals surface area contributed by atoms with E-state index in [9.17, 15) is 4.79 Å². The Morgan fingerprint density at radius 2 is 2.27 bits per heavy atom. The highest BCUT2D eigenvalue weighted by Crippen LogP contribution is 2.49. The van der Waals surface area contributed by atoms with Crippen LogP contribution in [0, 0.1) is 17.8 Å². The van der Waals surface area contributed by atoms with Crippen LogP contribution < -0.4 is 5.32 Å². The molecule has 0 aromatic heterocycles. The molecule has 0 saturated heterocycles. The molecule has 3 heteroatoms. The van der Waals surface area contributed by atoms with Gasteiger partial charge in [0.2, 0.25) is 0 Å². The number of alkyl carbamates (subject to hydrolysis) is 1. The SMILES string of the molecule is CCOC(=O)N[C@@H](C)[C@@H]1C[C@@H]2CC[C@@H]1C2. The maximum absolute atomic E-state index is 11.3. The number of ether oxygens (including phenoxy) is 1. The molecule has 2 saturated carbocycles. The topological polar surface area (TPSA) is 38.3 Å². The maximum atomic E-state index is 11.3. The molecule has 2 aliphatic carbocycles. The summed E-state index contributed by atoms with van der Waals surface area (Å²) in [5.41, 5.74) is 0. The summed E-state index contributed by atoms with van der Waals surface area (Å²) in [4.78, 5) is 11.3. The van der Waals surface area contributed by atoms with Crippen molar-refractivity contribution in [2.24, 2.45) is 17.8 Å². The van der Waals surface area contributed by atoms with E-state index in [2.05, 4.69) is 12.2 Å². The molecule has 3 nitrogen and oxygen atoms in total. The van der Waals surface area contributed by atoms with Gasteiger partial charge in [-0.1, -0.05) is 6.42 Å². The van der Waals surface area contributed by atoms with Gasteiger partial charge in [0.25, 0.3) is 0 Å². The van der Waals surface area contributed by atoms with Crippen molar-refractivity contribution in [1.82, 2.24) is 5.32 Å². The van der Waals surface area contributed by atoms with Gasteiger partial charge in [-0.05, 0) is 50.9 Å². The fourth-order valence-corrected chi connectivity index (χ4v) is 3.37. The van der Waals surface area contributed by atoms with Gasteiger partial charge in [-0.15, -0.1) is 0 Å². The molecule has 0 aliphatic heterocycles. The summed E-state index contributed by atoms with van der Waals surface area (Å²) < 4.78 is 4.90. The van der Waals surface area contributed by atoms with Crippen LogP contribution in [-0.2, 0) is 4.74 Å². The van der Waals surface area contributed by atoms with E-state index in [-0.39, 0.29) is 12.1 Å². The largest absolute Gasteiger partial charge is 0.450 e. The minimum Gasteiger partial charge on any atom is -0.450 e. The van der Waals surface area contributed by atoms with E-state index in [4.69, 9.17) is 4.74 Å². The monoisotopic (exact) mass is 211 g/mol. The lowest BCUT2D eigenvalue weighted by atomic mass is 9.84. The van der Waals surface area contributed by atoms with Crippen molar-refractivity contribution in [3.63, 3.8) is 0 Å². The fourth-order valence-electron chi connectivity index (χ4n) is 3.37. The third-order valence-electron chi connectivity index (χ3n) is 4.06. The van der Waals surface area contributed by atoms with Gasteiger partial charge in [0.1, 0.15) is 0 Å². The quantitative estimate of drug-likeness (QED) is 0.779. The van der Waals surface area contributed by atoms with Crippen molar-refractivity contribution < 1.29 is 9.53 Å². The summed E-state index contributed by atoms with van der Waals surface area (Å²) in [5.74, 6) is 2.48. The average Bonchev–Trinajstić information content (AvgIpc) is 2.78. The van der Waals surface area contributed by atoms with E-state index in [0.717, 1.165) is 11.8 Å². The smallest absolute Gasteiger partial charge is 0.407 e. The van der Waals surface area contributed by atoms with Gasteiger partial charge in [0, 0.05) is 6.04 Å². The first-order valence-electron chi connectivity index (χ1n) is 6.14. The van der Waals surface area contributed by atoms with Crippen molar-refractivity contribution in [3.05, 3.63) is 0 Å². The van der Waals surface area contributed by atoms with Gasteiger partial charge in [-0.25, -0.2) is 4.79 Å². The van der Waals surface area contributed by atoms with Gasteiger partial charge in [0.05, 0.1) is 6.61 Å². The molecule has 1 N–H and O–H groups in total. The van der Waals surface area contributed by atoms with E-state index in [1.165, 1.54) is 25.7 Å². The summed E-state index contributed by atoms with van der Waals surface area (Å²) in [5, 5.41) is 2.95. The highest BCUT2D eigenvalue weighted by molar-refractivity contribution is 5.67. The van der Waals surface area contributed by atoms with Crippen LogP contribution in [0.25, 0.3) is 0 Å². The molecule has 1 amide bonds. The highest BCUT2D eigenvalue weighted by Gasteiger charge is 2.42. The summed E-state index contributed by atoms with van der Waals surface area (Å²) in [6, 6.07) is 0.277. The number of amides is 1. The zero-order chi connectivity index (χ0) is 10.8. The molecule has 0 aromatic rings. The third-order valence-corrected chi connectivity index (χ3v) is 4.06. The standard InChI is InChI=1S/C12H21NO2/c1-3-15-12(14)13-8(2)11-7-9-4-5-10(11)6-9/h8-11H,3-7H2,1-2H3,(H,13,14)/t8-,9+,10+,11-/m0/s1. The van der Waals surface area contributed by atoms with Crippen molar-refractivity contribution in [2.75, 3.05) is 6.61 Å². The van der Waals surface area contributed by atoms with Gasteiger partial charge in [-0.2, -0.15) is 0 Å². The summed E-state index contributed by atoms with van der Waals surface area (Å²) in [6.07, 6.45) is 5.21. The predicted octanol–water partition coefficient (Wildman–Crippen LogP) is 2.56. The lowest BCUT2D eigenvalue weighted by molar-refractivity contribution is 0.140. The molecular formula is C12H21NO2. The Balaban J connectivity index is 1.81. The van der Waals surface area contributed by atoms with Crippen LogP contribution in [0.3, 0.4) is 0 Å². The van der Waals surface area contributed by atoms with Crippen molar-refractivity contribution >= 4 is 6.09 Å². The minimum atomic E-state index is -0.257. The van der Waals surface area contributed by atoms with Crippen LogP contribution in [0.2, 0.25) is 0 Å². The zero-order valence-corrected chi connectivity index (χ0v) is 9.66. The number of hydrogen-bond donors (Lipinski definition) is 1. The van der Waals surface area contributed by atoms with E-state index in [1.807, 2.05) is 6.92 Å². The molecule has 86 valence electrons. The molecule has 2 rings (SSSR count). The highest BCUT2D eigenvalue weighted by atomic mass is 16.5. The normalized spacial score (nSPS) is 35.2. The predicted molar refractivity (Wildman–Crippen MR) is 58.6 cm³/mol. The molecular weight excluding hydrogens is 190 g/mol. The Labute approximate surface area is 91.6 Å². The van der Waals surface area contributed by atoms with Crippen molar-refractivity contribution in [1.29, 1.82) is 0 Å². The molecule has 4 atom stereocenters. The molecule has 15 heavy (non-hydrogen) atoms. The Morgan fingerprint density at radius 3 is 2.80 bits per heavy atom. The number of carbonyl (C=O) groups excluding carboxylic acids is 1. The van der Waals surface area contributed by atoms with Crippen LogP contribution >= 0.6 is 0 Å². The molecule has 0 aromatic carbocycles. The summed E-state index contributed by atoms with van der Waals surface area (Å²) in [6.45, 7) is 4.40. The first kappa shape index (κ1) is 10.8. The number of carbonyl (C=O) groups is 1. The van der Waals surface area contributed by atoms with Crippen LogP contribution in [0.1, 0.15) is 39.5 Å². The van der Waals surface area contributed by atoms with Gasteiger partial charge in [0.15, 0.2) is 0 Å². The molecule has 2 bridgehead atoms. The van der Waals surface area contributed by atoms with E-state index in [0.29, 0.717) is 12.5 Å². The first-order valence-corrected chi connectivity index (χ1v) is 6.14. The van der Waals surface area contributed by atoms with Crippen LogP contribution in [0.4, 0.5) is 4.79 Å². The Kier molecular flexibility index (Phi) is 3.17. The molecule has 2 aliphatic rings. The number of rotatable bonds is 3. The number of nitrogens with one attached hydrogen (secondary N) is 1. The van der Waals surface area contributed by atoms with Gasteiger partial charge < -0.3 is 10.1 Å². The first-order chi connectivity index (χ1) is 7.20. The van der Waals surface area contributed by atoms with Crippen molar-refractivity contribution in [3.8, 4) is 0 Å². The second-order valence-electron chi connectivity index (χ2n) is 4.99. The number of hydrogen-bond acceptors (Lipinski definition) is 2. The van der Waals surface area contributed by atoms with Gasteiger partial charge >= 0.3 is 6.09 Å². The van der Waals surface area contributed by atoms with E-state index in [1.54, 1.807) is 0 Å². The molecule has 0 heterocycles. The Morgan fingerprint density at radius 1 is 1.47 bits per heavy atom. The van der Waals surface area contributed by atoms with Crippen LogP contribution in [-0.4, -0.2) is 18.7 Å². The van der Waals surface area contributed by atoms with E-state index >= 15 is 0 Å². The van der Waals surface area contributed by atoms with Gasteiger partial charge in [-0.3, -0.25) is 0 Å². The Hall–Kier alpha value is -0.730. The van der Waals surface area contributed by atoms with Crippen LogP contribution in [0.5, 0.6) is 0 Å². The van der Waals surface area contributed by atoms with Crippen LogP contribution in [0.15, 0.2) is 0 Å². The lowest BCUT2D eigenvalue weighted by Crippen LogP contribution is -2.40. The molecule has 2 fully saturated rings. The fraction of sp³-hybridized carbons (Fsp3) is 0.917. The third kappa shape index (κ3) is 2.27. The second-order valence-corrected chi connectivity index (χ2v) is 4.99. The second kappa shape index (κ2) is 4.42. The van der Waals surface area contributed by atoms with Crippen molar-refractivity contribution in [2.45, 2.75) is 45.6 Å². The number of fused-ring (bicyclic) bond motifs is 2. The molecule has 0 spiro atoms. The average molecular weight is 211 g/mol. The molecule has 0 unspecified atom stereocenters. The lowest BCUT2D eigenvalue weighted by Gasteiger charge is -2.28. The summed E-state index contributed by atoms with van der Waals surface area (Å²) in [7, 11) is 0. The van der Waals surface area contributed by atoms with E-state index < -0.39 is 0 Å².